The highest BCUT2D eigenvalue weighted by Crippen LogP contribution is 2.25. The Hall–Kier alpha value is -1.43. The molecule has 3 N–H and O–H groups in total. The Kier molecular flexibility index (Phi) is 2.91. The minimum atomic E-state index is -0.420. The van der Waals surface area contributed by atoms with E-state index in [9.17, 15) is 14.4 Å². The molecule has 6 heteroatoms. The quantitative estimate of drug-likeness (QED) is 0.537. The molecule has 1 saturated carbocycles. The normalized spacial score (nSPS) is 30.4. The number of rotatable bonds is 1. The molecule has 2 atom stereocenters. The zero-order chi connectivity index (χ0) is 11.7. The van der Waals surface area contributed by atoms with E-state index < -0.39 is 11.8 Å². The van der Waals surface area contributed by atoms with Crippen LogP contribution in [0.3, 0.4) is 0 Å². The third kappa shape index (κ3) is 2.06. The van der Waals surface area contributed by atoms with Crippen molar-refractivity contribution in [3.05, 3.63) is 0 Å². The van der Waals surface area contributed by atoms with E-state index in [1.54, 1.807) is 0 Å². The van der Waals surface area contributed by atoms with E-state index in [0.29, 0.717) is 0 Å². The Balaban J connectivity index is 2.03. The standard InChI is InChI=1S/C10H15N3O3/c11-7-3-1-2-6(7)10(16)13-4-8(14)12-9(15)5-13/h6-7H,1-5,11H2,(H,12,14,15). The number of carbonyl (C=O) groups excluding carboxylic acids is 3. The lowest BCUT2D eigenvalue weighted by molar-refractivity contribution is -0.147. The van der Waals surface area contributed by atoms with Gasteiger partial charge in [0.25, 0.3) is 0 Å². The van der Waals surface area contributed by atoms with Crippen molar-refractivity contribution in [1.29, 1.82) is 0 Å². The molecule has 2 unspecified atom stereocenters. The first-order valence-electron chi connectivity index (χ1n) is 5.45. The fourth-order valence-corrected chi connectivity index (χ4v) is 2.32. The second-order valence-electron chi connectivity index (χ2n) is 4.37. The van der Waals surface area contributed by atoms with Gasteiger partial charge in [-0.15, -0.1) is 0 Å². The van der Waals surface area contributed by atoms with Gasteiger partial charge in [-0.2, -0.15) is 0 Å². The molecular formula is C10H15N3O3. The summed E-state index contributed by atoms with van der Waals surface area (Å²) < 4.78 is 0. The maximum absolute atomic E-state index is 12.0. The average Bonchev–Trinajstić information content (AvgIpc) is 2.62. The van der Waals surface area contributed by atoms with E-state index in [2.05, 4.69) is 5.32 Å². The van der Waals surface area contributed by atoms with Gasteiger partial charge in [0.2, 0.25) is 17.7 Å². The molecule has 0 radical (unpaired) electrons. The van der Waals surface area contributed by atoms with Crippen LogP contribution >= 0.6 is 0 Å². The Morgan fingerprint density at radius 3 is 2.38 bits per heavy atom. The van der Waals surface area contributed by atoms with Crippen LogP contribution in [0.1, 0.15) is 19.3 Å². The monoisotopic (exact) mass is 225 g/mol. The molecule has 0 bridgehead atoms. The largest absolute Gasteiger partial charge is 0.327 e. The van der Waals surface area contributed by atoms with Crippen LogP contribution in [0.5, 0.6) is 0 Å². The van der Waals surface area contributed by atoms with Crippen LogP contribution in [0.25, 0.3) is 0 Å². The minimum Gasteiger partial charge on any atom is -0.327 e. The zero-order valence-electron chi connectivity index (χ0n) is 8.94. The maximum Gasteiger partial charge on any atom is 0.246 e. The number of nitrogens with zero attached hydrogens (tertiary/aromatic N) is 1. The maximum atomic E-state index is 12.0. The summed E-state index contributed by atoms with van der Waals surface area (Å²) in [6.45, 7) is -0.0679. The molecule has 1 aliphatic carbocycles. The van der Waals surface area contributed by atoms with Crippen molar-refractivity contribution in [2.45, 2.75) is 25.3 Å². The molecule has 1 saturated heterocycles. The van der Waals surface area contributed by atoms with E-state index in [1.165, 1.54) is 4.90 Å². The third-order valence-corrected chi connectivity index (χ3v) is 3.15. The molecule has 2 fully saturated rings. The predicted molar refractivity (Wildman–Crippen MR) is 55.0 cm³/mol. The molecule has 16 heavy (non-hydrogen) atoms. The SMILES string of the molecule is NC1CCCC1C(=O)N1CC(=O)NC(=O)C1. The second-order valence-corrected chi connectivity index (χ2v) is 4.37. The number of nitrogens with one attached hydrogen (secondary N) is 1. The Morgan fingerprint density at radius 2 is 1.88 bits per heavy atom. The minimum absolute atomic E-state index is 0.0339. The highest BCUT2D eigenvalue weighted by molar-refractivity contribution is 6.02. The molecule has 0 aromatic heterocycles. The highest BCUT2D eigenvalue weighted by Gasteiger charge is 2.36. The Labute approximate surface area is 93.1 Å². The van der Waals surface area contributed by atoms with Gasteiger partial charge in [-0.25, -0.2) is 0 Å². The van der Waals surface area contributed by atoms with Crippen molar-refractivity contribution >= 4 is 17.7 Å². The van der Waals surface area contributed by atoms with Crippen LogP contribution in [0, 0.1) is 5.92 Å². The van der Waals surface area contributed by atoms with Crippen molar-refractivity contribution in [3.63, 3.8) is 0 Å². The van der Waals surface area contributed by atoms with Gasteiger partial charge in [0.1, 0.15) is 13.1 Å². The number of amides is 3. The molecule has 88 valence electrons. The van der Waals surface area contributed by atoms with Crippen LogP contribution in [-0.4, -0.2) is 41.8 Å². The first-order valence-corrected chi connectivity index (χ1v) is 5.45. The summed E-state index contributed by atoms with van der Waals surface area (Å²) in [7, 11) is 0. The number of carbonyl (C=O) groups is 3. The summed E-state index contributed by atoms with van der Waals surface area (Å²) in [6.07, 6.45) is 2.53. The number of nitrogens with two attached hydrogens (primary N) is 1. The highest BCUT2D eigenvalue weighted by atomic mass is 16.2. The van der Waals surface area contributed by atoms with E-state index in [0.717, 1.165) is 19.3 Å². The first kappa shape index (κ1) is 11.1. The van der Waals surface area contributed by atoms with Gasteiger partial charge in [-0.1, -0.05) is 6.42 Å². The third-order valence-electron chi connectivity index (χ3n) is 3.15. The van der Waals surface area contributed by atoms with Crippen LogP contribution < -0.4 is 11.1 Å². The predicted octanol–water partition coefficient (Wildman–Crippen LogP) is -1.40. The molecular weight excluding hydrogens is 210 g/mol. The molecule has 0 spiro atoms. The summed E-state index contributed by atoms with van der Waals surface area (Å²) >= 11 is 0. The Morgan fingerprint density at radius 1 is 1.25 bits per heavy atom. The number of hydrogen-bond donors (Lipinski definition) is 2. The molecule has 2 aliphatic rings. The van der Waals surface area contributed by atoms with E-state index >= 15 is 0 Å². The fourth-order valence-electron chi connectivity index (χ4n) is 2.32. The zero-order valence-corrected chi connectivity index (χ0v) is 8.94. The van der Waals surface area contributed by atoms with Crippen molar-refractivity contribution in [3.8, 4) is 0 Å². The molecule has 0 aromatic carbocycles. The summed E-state index contributed by atoms with van der Waals surface area (Å²) in [5.41, 5.74) is 5.82. The lowest BCUT2D eigenvalue weighted by Gasteiger charge is -2.29. The second kappa shape index (κ2) is 4.21. The lowest BCUT2D eigenvalue weighted by atomic mass is 10.0. The van der Waals surface area contributed by atoms with E-state index in [4.69, 9.17) is 5.73 Å². The van der Waals surface area contributed by atoms with Gasteiger partial charge in [0.05, 0.1) is 5.92 Å². The summed E-state index contributed by atoms with van der Waals surface area (Å²) in [4.78, 5) is 35.6. The average molecular weight is 225 g/mol. The summed E-state index contributed by atoms with van der Waals surface area (Å²) in [5.74, 6) is -1.22. The van der Waals surface area contributed by atoms with Gasteiger partial charge < -0.3 is 10.6 Å². The van der Waals surface area contributed by atoms with Gasteiger partial charge in [-0.05, 0) is 12.8 Å². The Bertz CT molecular complexity index is 326. The van der Waals surface area contributed by atoms with Crippen LogP contribution in [0.15, 0.2) is 0 Å². The van der Waals surface area contributed by atoms with Crippen LogP contribution in [0.2, 0.25) is 0 Å². The van der Waals surface area contributed by atoms with Crippen LogP contribution in [-0.2, 0) is 14.4 Å². The summed E-state index contributed by atoms with van der Waals surface area (Å²) in [6, 6.07) is -0.132. The van der Waals surface area contributed by atoms with E-state index in [-0.39, 0.29) is 31.0 Å². The number of hydrogen-bond acceptors (Lipinski definition) is 4. The summed E-state index contributed by atoms with van der Waals surface area (Å²) in [5, 5.41) is 2.16. The lowest BCUT2D eigenvalue weighted by Crippen LogP contribution is -2.55. The van der Waals surface area contributed by atoms with Gasteiger partial charge in [0, 0.05) is 6.04 Å². The smallest absolute Gasteiger partial charge is 0.246 e. The van der Waals surface area contributed by atoms with Crippen LogP contribution in [0.4, 0.5) is 0 Å². The molecule has 0 aromatic rings. The topological polar surface area (TPSA) is 92.5 Å². The van der Waals surface area contributed by atoms with Gasteiger partial charge >= 0.3 is 0 Å². The molecule has 1 heterocycles. The van der Waals surface area contributed by atoms with Gasteiger partial charge in [-0.3, -0.25) is 19.7 Å². The molecule has 6 nitrogen and oxygen atoms in total. The number of imide groups is 1. The van der Waals surface area contributed by atoms with Crippen molar-refractivity contribution in [1.82, 2.24) is 10.2 Å². The molecule has 2 rings (SSSR count). The van der Waals surface area contributed by atoms with Crippen molar-refractivity contribution in [2.24, 2.45) is 11.7 Å². The molecule has 1 aliphatic heterocycles. The molecule has 3 amide bonds. The van der Waals surface area contributed by atoms with Crippen molar-refractivity contribution in [2.75, 3.05) is 13.1 Å². The van der Waals surface area contributed by atoms with Crippen molar-refractivity contribution < 1.29 is 14.4 Å². The van der Waals surface area contributed by atoms with Gasteiger partial charge in [0.15, 0.2) is 0 Å². The number of piperazine rings is 1. The fraction of sp³-hybridized carbons (Fsp3) is 0.700. The first-order chi connectivity index (χ1) is 7.58. The van der Waals surface area contributed by atoms with E-state index in [1.807, 2.05) is 0 Å².